The number of benzene rings is 2. The van der Waals surface area contributed by atoms with Crippen LogP contribution < -0.4 is 47.6 Å². The van der Waals surface area contributed by atoms with E-state index in [9.17, 15) is 0 Å². The number of rotatable bonds is 3. The van der Waals surface area contributed by atoms with Gasteiger partial charge in [0.1, 0.15) is 0 Å². The number of allylic oxidation sites excluding steroid dienone is 4. The Bertz CT molecular complexity index is 936. The largest absolute Gasteiger partial charge is 1.00 e. The van der Waals surface area contributed by atoms with Gasteiger partial charge in [0.05, 0.1) is 0 Å². The van der Waals surface area contributed by atoms with Gasteiger partial charge in [0.25, 0.3) is 0 Å². The molecule has 170 valence electrons. The van der Waals surface area contributed by atoms with Crippen LogP contribution in [0.5, 0.6) is 0 Å². The maximum atomic E-state index is 2.62. The summed E-state index contributed by atoms with van der Waals surface area (Å²) in [6, 6.07) is 14.6. The molecule has 2 aromatic carbocycles. The summed E-state index contributed by atoms with van der Waals surface area (Å²) in [6.07, 6.45) is 9.64. The first-order chi connectivity index (χ1) is 13.6. The molecule has 0 aromatic heterocycles. The molecule has 0 radical (unpaired) electrons. The molecule has 0 nitrogen and oxygen atoms in total. The molecule has 1 saturated carbocycles. The van der Waals surface area contributed by atoms with Gasteiger partial charge < -0.3 is 37.2 Å². The third kappa shape index (κ3) is 5.19. The monoisotopic (exact) mass is 538 g/mol. The topological polar surface area (TPSA) is 0 Å². The van der Waals surface area contributed by atoms with Crippen LogP contribution in [0.15, 0.2) is 60.2 Å². The van der Waals surface area contributed by atoms with Gasteiger partial charge in [0, 0.05) is 0 Å². The van der Waals surface area contributed by atoms with Crippen LogP contribution in [0.2, 0.25) is 8.76 Å². The average molecular weight is 540 g/mol. The van der Waals surface area contributed by atoms with Gasteiger partial charge in [0.2, 0.25) is 0 Å². The molecule has 0 aliphatic heterocycles. The van der Waals surface area contributed by atoms with Crippen LogP contribution >= 0.6 is 0 Å². The summed E-state index contributed by atoms with van der Waals surface area (Å²) in [4.78, 5) is 0. The van der Waals surface area contributed by atoms with E-state index in [0.29, 0.717) is 11.0 Å². The molecule has 0 saturated heterocycles. The van der Waals surface area contributed by atoms with Crippen molar-refractivity contribution in [2.24, 2.45) is 5.92 Å². The van der Waals surface area contributed by atoms with E-state index >= 15 is 0 Å². The minimum absolute atomic E-state index is 0. The second-order valence-corrected chi connectivity index (χ2v) is 15.0. The van der Waals surface area contributed by atoms with E-state index in [1.807, 2.05) is 0 Å². The third-order valence-electron chi connectivity index (χ3n) is 7.45. The van der Waals surface area contributed by atoms with Gasteiger partial charge in [0.15, 0.2) is 0 Å². The van der Waals surface area contributed by atoms with Crippen molar-refractivity contribution in [2.75, 3.05) is 0 Å². The van der Waals surface area contributed by atoms with Crippen LogP contribution in [0.4, 0.5) is 0 Å². The zero-order valence-corrected chi connectivity index (χ0v) is 24.9. The maximum Gasteiger partial charge on any atom is -1.00 e. The summed E-state index contributed by atoms with van der Waals surface area (Å²) in [7, 11) is -1.50. The zero-order chi connectivity index (χ0) is 21.0. The summed E-state index contributed by atoms with van der Waals surface area (Å²) in [5.74, 6) is 0.715. The summed E-state index contributed by atoms with van der Waals surface area (Å²) < 4.78 is 0.217. The molecule has 2 aromatic rings. The fourth-order valence-corrected chi connectivity index (χ4v) is 12.3. The van der Waals surface area contributed by atoms with E-state index in [1.54, 1.807) is 15.9 Å². The van der Waals surface area contributed by atoms with Gasteiger partial charge in [-0.25, -0.2) is 0 Å². The van der Waals surface area contributed by atoms with E-state index < -0.39 is 8.80 Å². The molecule has 4 rings (SSSR count). The molecular formula is C27H33Cl3SiTi. The Labute approximate surface area is 227 Å². The number of hydrogen-bond acceptors (Lipinski definition) is 0. The molecule has 2 aliphatic carbocycles. The van der Waals surface area contributed by atoms with Crippen molar-refractivity contribution in [3.8, 4) is 0 Å². The molecular weight excluding hydrogens is 507 g/mol. The summed E-state index contributed by atoms with van der Waals surface area (Å²) in [5.41, 5.74) is 7.30. The fraction of sp³-hybridized carbons (Fsp3) is 0.407. The SMILES string of the molecule is Cc1cc(C)cc([SiH](c2cc(C)cc(C)c2)C2(C)CC3CC=CC=C3[C]2(C)[Ti+3])c1.[Cl-].[Cl-].[Cl-]. The molecule has 2 aliphatic rings. The second-order valence-electron chi connectivity index (χ2n) is 10.0. The van der Waals surface area contributed by atoms with Crippen molar-refractivity contribution in [2.45, 2.75) is 63.1 Å². The second kappa shape index (κ2) is 11.0. The molecule has 0 N–H and O–H groups in total. The first kappa shape index (κ1) is 29.8. The van der Waals surface area contributed by atoms with E-state index in [4.69, 9.17) is 0 Å². The van der Waals surface area contributed by atoms with E-state index in [-0.39, 0.29) is 40.9 Å². The van der Waals surface area contributed by atoms with Crippen molar-refractivity contribution < 1.29 is 57.7 Å². The smallest absolute Gasteiger partial charge is 1.00 e. The van der Waals surface area contributed by atoms with Gasteiger partial charge in [-0.15, -0.1) is 0 Å². The molecule has 0 bridgehead atoms. The molecule has 32 heavy (non-hydrogen) atoms. The number of halogens is 3. The summed E-state index contributed by atoms with van der Waals surface area (Å²) >= 11 is 2.53. The standard InChI is InChI=1S/C27H33Si.3ClH.Ti/c1-18-11-19(2)14-24(13-18)28(25-15-20(3)12-21(4)16-25)27(6)17-23-9-7-8-10-26(23)22(27)5;;;;/h7-8,10-16,23,28H,9,17H2,1-6H3;3*1H;/q;;;;+3/p-3. The fourth-order valence-electron chi connectivity index (χ4n) is 6.18. The Morgan fingerprint density at radius 3 is 1.62 bits per heavy atom. The van der Waals surface area contributed by atoms with Crippen LogP contribution in [-0.4, -0.2) is 8.80 Å². The molecule has 3 unspecified atom stereocenters. The Kier molecular flexibility index (Phi) is 10.2. The van der Waals surface area contributed by atoms with Crippen molar-refractivity contribution in [1.29, 1.82) is 0 Å². The number of hydrogen-bond donors (Lipinski definition) is 0. The van der Waals surface area contributed by atoms with Gasteiger partial charge in [-0.3, -0.25) is 0 Å². The van der Waals surface area contributed by atoms with Crippen LogP contribution in [-0.2, 0) is 20.4 Å². The molecule has 0 heterocycles. The van der Waals surface area contributed by atoms with Crippen LogP contribution in [0.25, 0.3) is 0 Å². The van der Waals surface area contributed by atoms with Crippen molar-refractivity contribution in [1.82, 2.24) is 0 Å². The van der Waals surface area contributed by atoms with E-state index in [1.165, 1.54) is 35.1 Å². The van der Waals surface area contributed by atoms with Gasteiger partial charge in [-0.05, 0) is 0 Å². The maximum absolute atomic E-state index is 2.62. The molecule has 5 heteroatoms. The molecule has 1 fully saturated rings. The van der Waals surface area contributed by atoms with Gasteiger partial charge in [-0.1, -0.05) is 0 Å². The normalized spacial score (nSPS) is 25.9. The minimum Gasteiger partial charge on any atom is -1.00 e. The zero-order valence-electron chi connectivity index (χ0n) is 19.9. The van der Waals surface area contributed by atoms with Gasteiger partial charge in [-0.2, -0.15) is 0 Å². The van der Waals surface area contributed by atoms with E-state index in [2.05, 4.69) is 117 Å². The van der Waals surface area contributed by atoms with Crippen molar-refractivity contribution in [3.63, 3.8) is 0 Å². The van der Waals surface area contributed by atoms with E-state index in [0.717, 1.165) is 0 Å². The molecule has 0 spiro atoms. The Hall–Kier alpha value is -0.279. The Morgan fingerprint density at radius 2 is 1.22 bits per heavy atom. The summed E-state index contributed by atoms with van der Waals surface area (Å²) in [6.45, 7) is 14.2. The first-order valence-electron chi connectivity index (χ1n) is 10.9. The van der Waals surface area contributed by atoms with Gasteiger partial charge >= 0.3 is 191 Å². The quantitative estimate of drug-likeness (QED) is 0.358. The average Bonchev–Trinajstić information content (AvgIpc) is 2.80. The van der Waals surface area contributed by atoms with Crippen molar-refractivity contribution in [3.05, 3.63) is 82.5 Å². The predicted molar refractivity (Wildman–Crippen MR) is 125 cm³/mol. The summed E-state index contributed by atoms with van der Waals surface area (Å²) in [5, 5.41) is 3.54. The van der Waals surface area contributed by atoms with Crippen LogP contribution in [0.3, 0.4) is 0 Å². The molecule has 0 amide bonds. The van der Waals surface area contributed by atoms with Crippen LogP contribution in [0, 0.1) is 33.6 Å². The Balaban J connectivity index is 0.00000171. The number of fused-ring (bicyclic) bond motifs is 1. The third-order valence-corrected chi connectivity index (χ3v) is 13.3. The number of aryl methyl sites for hydroxylation is 4. The predicted octanol–water partition coefficient (Wildman–Crippen LogP) is -3.33. The Morgan fingerprint density at radius 1 is 0.781 bits per heavy atom. The minimum atomic E-state index is -1.50. The molecule has 3 atom stereocenters. The van der Waals surface area contributed by atoms with Crippen LogP contribution in [0.1, 0.15) is 48.9 Å². The van der Waals surface area contributed by atoms with Crippen molar-refractivity contribution >= 4 is 19.2 Å². The first-order valence-corrected chi connectivity index (χ1v) is 13.4.